The predicted molar refractivity (Wildman–Crippen MR) is 115 cm³/mol. The molecule has 1 unspecified atom stereocenters. The van der Waals surface area contributed by atoms with Crippen LogP contribution in [0.4, 0.5) is 0 Å². The molecule has 1 aliphatic rings. The third kappa shape index (κ3) is 8.45. The maximum Gasteiger partial charge on any atom is 0.221 e. The van der Waals surface area contributed by atoms with Crippen LogP contribution in [0.15, 0.2) is 42.6 Å². The average Bonchev–Trinajstić information content (AvgIpc) is 2.69. The first-order valence-corrected chi connectivity index (χ1v) is 9.16. The molecule has 29 heavy (non-hydrogen) atoms. The van der Waals surface area contributed by atoms with Gasteiger partial charge >= 0.3 is 0 Å². The summed E-state index contributed by atoms with van der Waals surface area (Å²) in [5, 5.41) is 6.20. The number of rotatable bonds is 8. The third-order valence-electron chi connectivity index (χ3n) is 4.08. The summed E-state index contributed by atoms with van der Waals surface area (Å²) in [6, 6.07) is 11.1. The number of amides is 1. The molecule has 1 atom stereocenters. The molecule has 3 rings (SSSR count). The number of carbonyl (C=O) groups excluding carboxylic acids is 1. The number of nitrogens with one attached hydrogen (secondary N) is 2. The molecule has 2 aromatic rings. The first-order chi connectivity index (χ1) is 13.2. The maximum atomic E-state index is 12.1. The fourth-order valence-corrected chi connectivity index (χ4v) is 2.75. The van der Waals surface area contributed by atoms with Gasteiger partial charge in [-0.15, -0.1) is 24.8 Å². The molecular formula is C20H27Cl2N3O4. The van der Waals surface area contributed by atoms with Gasteiger partial charge in [-0.3, -0.25) is 4.79 Å². The molecule has 9 heteroatoms. The first-order valence-electron chi connectivity index (χ1n) is 9.16. The van der Waals surface area contributed by atoms with Crippen LogP contribution in [-0.2, 0) is 16.1 Å². The van der Waals surface area contributed by atoms with Gasteiger partial charge in [-0.05, 0) is 42.8 Å². The Hall–Kier alpha value is -2.06. The van der Waals surface area contributed by atoms with Crippen LogP contribution in [0.2, 0.25) is 0 Å². The van der Waals surface area contributed by atoms with Crippen molar-refractivity contribution in [3.63, 3.8) is 0 Å². The number of pyridine rings is 1. The second-order valence-corrected chi connectivity index (χ2v) is 6.22. The number of benzene rings is 1. The summed E-state index contributed by atoms with van der Waals surface area (Å²) in [6.45, 7) is 5.05. The zero-order valence-electron chi connectivity index (χ0n) is 16.3. The standard InChI is InChI=1S/C20H25N3O4.2ClH/c1-2-26-17-3-5-18(6-4-17)27-20-11-15(7-8-22-20)13-23-19(24)12-16-14-25-10-9-21-16;;/h3-8,11,16,21H,2,9-10,12-14H2,1H3,(H,23,24);2*1H. The fraction of sp³-hybridized carbons (Fsp3) is 0.400. The zero-order chi connectivity index (χ0) is 18.9. The van der Waals surface area contributed by atoms with Gasteiger partial charge in [0.25, 0.3) is 0 Å². The van der Waals surface area contributed by atoms with E-state index < -0.39 is 0 Å². The van der Waals surface area contributed by atoms with Gasteiger partial charge in [0.15, 0.2) is 0 Å². The second kappa shape index (κ2) is 13.2. The van der Waals surface area contributed by atoms with Crippen LogP contribution in [0.3, 0.4) is 0 Å². The van der Waals surface area contributed by atoms with Crippen LogP contribution >= 0.6 is 24.8 Å². The highest BCUT2D eigenvalue weighted by atomic mass is 35.5. The summed E-state index contributed by atoms with van der Waals surface area (Å²) in [5.74, 6) is 1.94. The number of nitrogens with zero attached hydrogens (tertiary/aromatic N) is 1. The van der Waals surface area contributed by atoms with Gasteiger partial charge in [-0.25, -0.2) is 4.98 Å². The summed E-state index contributed by atoms with van der Waals surface area (Å²) in [7, 11) is 0. The Morgan fingerprint density at radius 1 is 1.24 bits per heavy atom. The Bertz CT molecular complexity index is 741. The quantitative estimate of drug-likeness (QED) is 0.651. The van der Waals surface area contributed by atoms with Gasteiger partial charge in [0, 0.05) is 37.8 Å². The summed E-state index contributed by atoms with van der Waals surface area (Å²) >= 11 is 0. The van der Waals surface area contributed by atoms with Gasteiger partial charge < -0.3 is 24.8 Å². The molecule has 1 amide bonds. The predicted octanol–water partition coefficient (Wildman–Crippen LogP) is 3.11. The van der Waals surface area contributed by atoms with Crippen LogP contribution in [0.1, 0.15) is 18.9 Å². The van der Waals surface area contributed by atoms with Gasteiger partial charge in [-0.2, -0.15) is 0 Å². The number of ether oxygens (including phenoxy) is 3. The molecular weight excluding hydrogens is 417 g/mol. The van der Waals surface area contributed by atoms with Crippen molar-refractivity contribution in [3.05, 3.63) is 48.2 Å². The molecule has 1 aromatic heterocycles. The van der Waals surface area contributed by atoms with E-state index in [4.69, 9.17) is 14.2 Å². The van der Waals surface area contributed by atoms with Crippen LogP contribution in [-0.4, -0.2) is 43.3 Å². The van der Waals surface area contributed by atoms with E-state index in [9.17, 15) is 4.79 Å². The smallest absolute Gasteiger partial charge is 0.221 e. The molecule has 0 spiro atoms. The van der Waals surface area contributed by atoms with Gasteiger partial charge in [0.05, 0.1) is 19.8 Å². The Morgan fingerprint density at radius 2 is 2.00 bits per heavy atom. The van der Waals surface area contributed by atoms with E-state index in [-0.39, 0.29) is 36.8 Å². The number of halogens is 2. The highest BCUT2D eigenvalue weighted by Gasteiger charge is 2.16. The minimum Gasteiger partial charge on any atom is -0.494 e. The Balaban J connectivity index is 0.00000210. The van der Waals surface area contributed by atoms with Crippen molar-refractivity contribution in [3.8, 4) is 17.4 Å². The largest absolute Gasteiger partial charge is 0.494 e. The van der Waals surface area contributed by atoms with Crippen molar-refractivity contribution in [2.45, 2.75) is 25.9 Å². The monoisotopic (exact) mass is 443 g/mol. The SMILES string of the molecule is CCOc1ccc(Oc2cc(CNC(=O)CC3COCCN3)ccn2)cc1.Cl.Cl. The van der Waals surface area contributed by atoms with Gasteiger partial charge in [0.2, 0.25) is 11.8 Å². The van der Waals surface area contributed by atoms with E-state index >= 15 is 0 Å². The Labute approximate surface area is 183 Å². The topological polar surface area (TPSA) is 81.7 Å². The highest BCUT2D eigenvalue weighted by Crippen LogP contribution is 2.23. The average molecular weight is 444 g/mol. The van der Waals surface area contributed by atoms with E-state index in [0.29, 0.717) is 44.4 Å². The number of aromatic nitrogens is 1. The molecule has 0 radical (unpaired) electrons. The van der Waals surface area contributed by atoms with Crippen molar-refractivity contribution in [1.82, 2.24) is 15.6 Å². The molecule has 0 aliphatic carbocycles. The van der Waals surface area contributed by atoms with E-state index in [2.05, 4.69) is 15.6 Å². The Kier molecular flexibility index (Phi) is 11.4. The zero-order valence-corrected chi connectivity index (χ0v) is 17.9. The normalized spacial score (nSPS) is 15.4. The number of hydrogen-bond acceptors (Lipinski definition) is 6. The fourth-order valence-electron chi connectivity index (χ4n) is 2.75. The lowest BCUT2D eigenvalue weighted by Gasteiger charge is -2.23. The summed E-state index contributed by atoms with van der Waals surface area (Å²) in [4.78, 5) is 16.3. The number of hydrogen-bond donors (Lipinski definition) is 2. The molecule has 160 valence electrons. The van der Waals surface area contributed by atoms with E-state index in [1.165, 1.54) is 0 Å². The number of carbonyl (C=O) groups is 1. The van der Waals surface area contributed by atoms with Crippen LogP contribution < -0.4 is 20.1 Å². The number of morpholine rings is 1. The van der Waals surface area contributed by atoms with Crippen molar-refractivity contribution in [2.75, 3.05) is 26.4 Å². The van der Waals surface area contributed by atoms with Crippen molar-refractivity contribution in [2.24, 2.45) is 0 Å². The minimum absolute atomic E-state index is 0. The molecule has 2 N–H and O–H groups in total. The lowest BCUT2D eigenvalue weighted by molar-refractivity contribution is -0.122. The van der Waals surface area contributed by atoms with Crippen LogP contribution in [0.25, 0.3) is 0 Å². The molecule has 0 bridgehead atoms. The van der Waals surface area contributed by atoms with Gasteiger partial charge in [-0.1, -0.05) is 0 Å². The second-order valence-electron chi connectivity index (χ2n) is 6.22. The van der Waals surface area contributed by atoms with Crippen molar-refractivity contribution < 1.29 is 19.0 Å². The Morgan fingerprint density at radius 3 is 2.69 bits per heavy atom. The maximum absolute atomic E-state index is 12.1. The molecule has 0 saturated carbocycles. The highest BCUT2D eigenvalue weighted by molar-refractivity contribution is 5.85. The van der Waals surface area contributed by atoms with Crippen LogP contribution in [0, 0.1) is 0 Å². The lowest BCUT2D eigenvalue weighted by Crippen LogP contribution is -2.44. The van der Waals surface area contributed by atoms with E-state index in [1.54, 1.807) is 6.20 Å². The van der Waals surface area contributed by atoms with Crippen molar-refractivity contribution >= 4 is 30.7 Å². The molecule has 1 saturated heterocycles. The third-order valence-corrected chi connectivity index (χ3v) is 4.08. The molecule has 2 heterocycles. The molecule has 1 aliphatic heterocycles. The van der Waals surface area contributed by atoms with E-state index in [0.717, 1.165) is 17.9 Å². The van der Waals surface area contributed by atoms with Crippen LogP contribution in [0.5, 0.6) is 17.4 Å². The van der Waals surface area contributed by atoms with E-state index in [1.807, 2.05) is 43.3 Å². The summed E-state index contributed by atoms with van der Waals surface area (Å²) < 4.78 is 16.6. The summed E-state index contributed by atoms with van der Waals surface area (Å²) in [5.41, 5.74) is 0.923. The molecule has 1 aromatic carbocycles. The molecule has 1 fully saturated rings. The van der Waals surface area contributed by atoms with Gasteiger partial charge in [0.1, 0.15) is 11.5 Å². The minimum atomic E-state index is -0.0104. The molecule has 7 nitrogen and oxygen atoms in total. The summed E-state index contributed by atoms with van der Waals surface area (Å²) in [6.07, 6.45) is 2.07. The first kappa shape index (κ1) is 25.0. The lowest BCUT2D eigenvalue weighted by atomic mass is 10.2. The van der Waals surface area contributed by atoms with Crippen molar-refractivity contribution in [1.29, 1.82) is 0 Å².